The molecule has 94 valence electrons. The summed E-state index contributed by atoms with van der Waals surface area (Å²) in [5, 5.41) is 0. The zero-order chi connectivity index (χ0) is 12.5. The van der Waals surface area contributed by atoms with Crippen molar-refractivity contribution in [1.82, 2.24) is 9.88 Å². The first-order valence-electron chi connectivity index (χ1n) is 6.44. The molecule has 2 N–H and O–H groups in total. The summed E-state index contributed by atoms with van der Waals surface area (Å²) in [5.74, 6) is 0. The normalized spacial score (nSPS) is 23.5. The maximum absolute atomic E-state index is 6.21. The molecule has 1 saturated heterocycles. The molecule has 0 amide bonds. The van der Waals surface area contributed by atoms with Crippen LogP contribution in [0.15, 0.2) is 24.5 Å². The highest BCUT2D eigenvalue weighted by Crippen LogP contribution is 2.37. The first-order chi connectivity index (χ1) is 8.02. The highest BCUT2D eigenvalue weighted by molar-refractivity contribution is 5.18. The largest absolute Gasteiger partial charge is 0.326 e. The van der Waals surface area contributed by atoms with Crippen molar-refractivity contribution in [3.63, 3.8) is 0 Å². The zero-order valence-electron chi connectivity index (χ0n) is 11.1. The molecule has 17 heavy (non-hydrogen) atoms. The van der Waals surface area contributed by atoms with Crippen LogP contribution in [0, 0.1) is 0 Å². The van der Waals surface area contributed by atoms with Crippen molar-refractivity contribution in [2.24, 2.45) is 5.73 Å². The van der Waals surface area contributed by atoms with Gasteiger partial charge in [-0.2, -0.15) is 0 Å². The van der Waals surface area contributed by atoms with Gasteiger partial charge in [0.2, 0.25) is 0 Å². The van der Waals surface area contributed by atoms with Gasteiger partial charge in [0.1, 0.15) is 0 Å². The Morgan fingerprint density at radius 1 is 1.35 bits per heavy atom. The summed E-state index contributed by atoms with van der Waals surface area (Å²) in [4.78, 5) is 6.64. The minimum absolute atomic E-state index is 0.134. The summed E-state index contributed by atoms with van der Waals surface area (Å²) in [6.45, 7) is 7.87. The van der Waals surface area contributed by atoms with E-state index in [9.17, 15) is 0 Å². The summed E-state index contributed by atoms with van der Waals surface area (Å²) in [5.41, 5.74) is 7.74. The highest BCUT2D eigenvalue weighted by Gasteiger charge is 2.38. The number of nitrogens with zero attached hydrogens (tertiary/aromatic N) is 2. The Morgan fingerprint density at radius 3 is 2.47 bits per heavy atom. The molecule has 0 radical (unpaired) electrons. The van der Waals surface area contributed by atoms with E-state index in [2.05, 4.69) is 42.8 Å². The number of hydrogen-bond donors (Lipinski definition) is 1. The molecule has 0 aliphatic carbocycles. The smallest absolute Gasteiger partial charge is 0.0502 e. The second-order valence-corrected chi connectivity index (χ2v) is 5.69. The molecule has 2 heterocycles. The van der Waals surface area contributed by atoms with Crippen molar-refractivity contribution in [3.05, 3.63) is 30.1 Å². The molecule has 2 atom stereocenters. The van der Waals surface area contributed by atoms with E-state index in [1.807, 2.05) is 12.4 Å². The van der Waals surface area contributed by atoms with Gasteiger partial charge in [-0.05, 0) is 57.9 Å². The molecule has 1 aliphatic rings. The molecular weight excluding hydrogens is 210 g/mol. The van der Waals surface area contributed by atoms with E-state index in [-0.39, 0.29) is 11.6 Å². The van der Waals surface area contributed by atoms with E-state index in [1.165, 1.54) is 18.4 Å². The summed E-state index contributed by atoms with van der Waals surface area (Å²) in [7, 11) is 0. The molecule has 1 fully saturated rings. The summed E-state index contributed by atoms with van der Waals surface area (Å²) >= 11 is 0. The van der Waals surface area contributed by atoms with Crippen molar-refractivity contribution in [2.45, 2.75) is 51.2 Å². The molecule has 0 aromatic carbocycles. The third-order valence-corrected chi connectivity index (χ3v) is 3.85. The van der Waals surface area contributed by atoms with Crippen molar-refractivity contribution in [3.8, 4) is 0 Å². The van der Waals surface area contributed by atoms with Crippen molar-refractivity contribution < 1.29 is 0 Å². The van der Waals surface area contributed by atoms with Gasteiger partial charge in [0, 0.05) is 24.0 Å². The third-order valence-electron chi connectivity index (χ3n) is 3.85. The van der Waals surface area contributed by atoms with Gasteiger partial charge in [-0.1, -0.05) is 0 Å². The molecule has 3 heteroatoms. The van der Waals surface area contributed by atoms with E-state index in [0.29, 0.717) is 6.04 Å². The second kappa shape index (κ2) is 4.75. The van der Waals surface area contributed by atoms with Gasteiger partial charge in [-0.3, -0.25) is 9.88 Å². The van der Waals surface area contributed by atoms with Gasteiger partial charge in [0.05, 0.1) is 6.04 Å². The van der Waals surface area contributed by atoms with E-state index < -0.39 is 0 Å². The lowest BCUT2D eigenvalue weighted by Gasteiger charge is -2.40. The predicted molar refractivity (Wildman–Crippen MR) is 70.6 cm³/mol. The minimum Gasteiger partial charge on any atom is -0.326 e. The summed E-state index contributed by atoms with van der Waals surface area (Å²) in [6.07, 6.45) is 6.23. The van der Waals surface area contributed by atoms with E-state index in [4.69, 9.17) is 5.73 Å². The number of likely N-dealkylation sites (tertiary alicyclic amines) is 1. The Morgan fingerprint density at radius 2 is 2.00 bits per heavy atom. The lowest BCUT2D eigenvalue weighted by Crippen LogP contribution is -2.47. The van der Waals surface area contributed by atoms with Crippen LogP contribution < -0.4 is 5.73 Å². The van der Waals surface area contributed by atoms with Crippen LogP contribution in [0.2, 0.25) is 0 Å². The van der Waals surface area contributed by atoms with Crippen LogP contribution in [-0.2, 0) is 0 Å². The van der Waals surface area contributed by atoms with Crippen LogP contribution in [0.5, 0.6) is 0 Å². The average molecular weight is 233 g/mol. The quantitative estimate of drug-likeness (QED) is 0.871. The van der Waals surface area contributed by atoms with Crippen LogP contribution in [0.3, 0.4) is 0 Å². The number of aromatic nitrogens is 1. The van der Waals surface area contributed by atoms with Crippen LogP contribution >= 0.6 is 0 Å². The standard InChI is InChI=1S/C14H23N3/c1-11(15)13(12-5-8-16-9-6-12)17-10-4-7-14(17,2)3/h5-6,8-9,11,13H,4,7,10,15H2,1-3H3. The van der Waals surface area contributed by atoms with Crippen LogP contribution in [0.25, 0.3) is 0 Å². The minimum atomic E-state index is 0.134. The van der Waals surface area contributed by atoms with Crippen molar-refractivity contribution in [2.75, 3.05) is 6.54 Å². The Kier molecular flexibility index (Phi) is 3.50. The van der Waals surface area contributed by atoms with Crippen LogP contribution in [0.1, 0.15) is 45.2 Å². The summed E-state index contributed by atoms with van der Waals surface area (Å²) < 4.78 is 0. The van der Waals surface area contributed by atoms with Crippen LogP contribution in [0.4, 0.5) is 0 Å². The van der Waals surface area contributed by atoms with Gasteiger partial charge in [0.15, 0.2) is 0 Å². The topological polar surface area (TPSA) is 42.1 Å². The third kappa shape index (κ3) is 2.50. The first-order valence-corrected chi connectivity index (χ1v) is 6.44. The molecule has 0 spiro atoms. The first kappa shape index (κ1) is 12.5. The second-order valence-electron chi connectivity index (χ2n) is 5.69. The molecule has 0 bridgehead atoms. The molecule has 3 nitrogen and oxygen atoms in total. The Labute approximate surface area is 104 Å². The highest BCUT2D eigenvalue weighted by atomic mass is 15.2. The van der Waals surface area contributed by atoms with Crippen LogP contribution in [-0.4, -0.2) is 28.0 Å². The Bertz CT molecular complexity index is 359. The predicted octanol–water partition coefficient (Wildman–Crippen LogP) is 2.34. The molecule has 1 aromatic rings. The van der Waals surface area contributed by atoms with Gasteiger partial charge in [-0.25, -0.2) is 0 Å². The monoisotopic (exact) mass is 233 g/mol. The molecule has 2 unspecified atom stereocenters. The fourth-order valence-electron chi connectivity index (χ4n) is 2.97. The van der Waals surface area contributed by atoms with Gasteiger partial charge < -0.3 is 5.73 Å². The molecular formula is C14H23N3. The lowest BCUT2D eigenvalue weighted by atomic mass is 9.94. The Hall–Kier alpha value is -0.930. The number of nitrogens with two attached hydrogens (primary N) is 1. The molecule has 2 rings (SSSR count). The van der Waals surface area contributed by atoms with E-state index in [0.717, 1.165) is 6.54 Å². The van der Waals surface area contributed by atoms with Gasteiger partial charge >= 0.3 is 0 Å². The van der Waals surface area contributed by atoms with Crippen molar-refractivity contribution in [1.29, 1.82) is 0 Å². The fraction of sp³-hybridized carbons (Fsp3) is 0.643. The number of hydrogen-bond acceptors (Lipinski definition) is 3. The number of pyridine rings is 1. The number of rotatable bonds is 3. The van der Waals surface area contributed by atoms with E-state index in [1.54, 1.807) is 0 Å². The maximum Gasteiger partial charge on any atom is 0.0502 e. The van der Waals surface area contributed by atoms with Crippen molar-refractivity contribution >= 4 is 0 Å². The zero-order valence-corrected chi connectivity index (χ0v) is 11.1. The fourth-order valence-corrected chi connectivity index (χ4v) is 2.97. The molecule has 1 aromatic heterocycles. The van der Waals surface area contributed by atoms with Gasteiger partial charge in [-0.15, -0.1) is 0 Å². The van der Waals surface area contributed by atoms with E-state index >= 15 is 0 Å². The lowest BCUT2D eigenvalue weighted by molar-refractivity contribution is 0.101. The Balaban J connectivity index is 2.30. The molecule has 0 saturated carbocycles. The summed E-state index contributed by atoms with van der Waals surface area (Å²) in [6, 6.07) is 4.61. The maximum atomic E-state index is 6.21. The van der Waals surface area contributed by atoms with Gasteiger partial charge in [0.25, 0.3) is 0 Å². The molecule has 1 aliphatic heterocycles. The average Bonchev–Trinajstić information content (AvgIpc) is 2.60. The SMILES string of the molecule is CC(N)C(c1ccncc1)N1CCCC1(C)C.